The molecule has 1 aliphatic heterocycles. The lowest BCUT2D eigenvalue weighted by Crippen LogP contribution is -2.42. The molecule has 4 aromatic rings. The number of esters is 1. The van der Waals surface area contributed by atoms with E-state index in [9.17, 15) is 19.2 Å². The van der Waals surface area contributed by atoms with Crippen molar-refractivity contribution in [2.24, 2.45) is 0 Å². The Morgan fingerprint density at radius 1 is 0.953 bits per heavy atom. The average molecular weight is 582 g/mol. The quantitative estimate of drug-likeness (QED) is 0.160. The standard InChI is InChI=1S/C31H31N7O5/c1-17-19(11-14-23-25(17)26(32)37-31(33)36-23)16-34-20-12-9-18(10-13-20)27(39)35-24(30(42)43-2)8-5-15-38-28(40)21-6-3-4-7-22(21)29(38)41/h3-4,6-7,9-14,24,34H,5,8,15-16H2,1-2H3,(H,35,39)(H4,32,33,36,37)/t24-/m0/s1. The topological polar surface area (TPSA) is 183 Å². The summed E-state index contributed by atoms with van der Waals surface area (Å²) in [6.07, 6.45) is 0.479. The number of nitrogens with one attached hydrogen (secondary N) is 2. The lowest BCUT2D eigenvalue weighted by molar-refractivity contribution is -0.143. The highest BCUT2D eigenvalue weighted by Gasteiger charge is 2.35. The van der Waals surface area contributed by atoms with Gasteiger partial charge in [0, 0.05) is 29.7 Å². The molecule has 0 saturated heterocycles. The predicted molar refractivity (Wildman–Crippen MR) is 161 cm³/mol. The Hall–Kier alpha value is -5.52. The van der Waals surface area contributed by atoms with Crippen molar-refractivity contribution < 1.29 is 23.9 Å². The fourth-order valence-electron chi connectivity index (χ4n) is 5.14. The van der Waals surface area contributed by atoms with E-state index in [2.05, 4.69) is 20.6 Å². The number of aromatic nitrogens is 2. The maximum Gasteiger partial charge on any atom is 0.328 e. The highest BCUT2D eigenvalue weighted by Crippen LogP contribution is 2.26. The van der Waals surface area contributed by atoms with E-state index in [0.717, 1.165) is 27.1 Å². The molecule has 0 saturated carbocycles. The molecule has 0 bridgehead atoms. The SMILES string of the molecule is COC(=O)[C@H](CCCN1C(=O)c2ccccc2C1=O)NC(=O)c1ccc(NCc2ccc3nc(N)nc(N)c3c2C)cc1. The zero-order valence-electron chi connectivity index (χ0n) is 23.7. The van der Waals surface area contributed by atoms with Crippen LogP contribution >= 0.6 is 0 Å². The lowest BCUT2D eigenvalue weighted by atomic mass is 10.0. The molecule has 0 spiro atoms. The first-order chi connectivity index (χ1) is 20.7. The fourth-order valence-corrected chi connectivity index (χ4v) is 5.14. The molecule has 220 valence electrons. The summed E-state index contributed by atoms with van der Waals surface area (Å²) >= 11 is 0. The van der Waals surface area contributed by atoms with Gasteiger partial charge in [-0.1, -0.05) is 18.2 Å². The minimum atomic E-state index is -0.951. The highest BCUT2D eigenvalue weighted by atomic mass is 16.5. The van der Waals surface area contributed by atoms with Crippen molar-refractivity contribution in [3.05, 3.63) is 88.5 Å². The first-order valence-electron chi connectivity index (χ1n) is 13.7. The lowest BCUT2D eigenvalue weighted by Gasteiger charge is -2.19. The Balaban J connectivity index is 1.17. The minimum Gasteiger partial charge on any atom is -0.467 e. The molecule has 12 heteroatoms. The van der Waals surface area contributed by atoms with Gasteiger partial charge < -0.3 is 26.8 Å². The van der Waals surface area contributed by atoms with E-state index >= 15 is 0 Å². The van der Waals surface area contributed by atoms with Crippen molar-refractivity contribution in [2.75, 3.05) is 30.4 Å². The molecule has 3 aromatic carbocycles. The number of nitrogen functional groups attached to an aromatic ring is 2. The molecule has 12 nitrogen and oxygen atoms in total. The van der Waals surface area contributed by atoms with Gasteiger partial charge in [0.1, 0.15) is 11.9 Å². The third kappa shape index (κ3) is 5.94. The van der Waals surface area contributed by atoms with Crippen LogP contribution in [0.15, 0.2) is 60.7 Å². The summed E-state index contributed by atoms with van der Waals surface area (Å²) < 4.78 is 4.87. The zero-order chi connectivity index (χ0) is 30.7. The second-order valence-corrected chi connectivity index (χ2v) is 10.1. The summed E-state index contributed by atoms with van der Waals surface area (Å²) in [5.74, 6) is -1.36. The van der Waals surface area contributed by atoms with Crippen LogP contribution in [0.25, 0.3) is 10.9 Å². The number of benzene rings is 3. The summed E-state index contributed by atoms with van der Waals surface area (Å²) in [5.41, 5.74) is 16.3. The maximum absolute atomic E-state index is 13.0. The van der Waals surface area contributed by atoms with Crippen molar-refractivity contribution >= 4 is 52.0 Å². The van der Waals surface area contributed by atoms with Gasteiger partial charge in [-0.3, -0.25) is 19.3 Å². The van der Waals surface area contributed by atoms with Crippen LogP contribution in [0.5, 0.6) is 0 Å². The van der Waals surface area contributed by atoms with E-state index in [0.29, 0.717) is 41.0 Å². The maximum atomic E-state index is 13.0. The number of fused-ring (bicyclic) bond motifs is 2. The number of amides is 3. The molecular weight excluding hydrogens is 550 g/mol. The van der Waals surface area contributed by atoms with Crippen molar-refractivity contribution in [2.45, 2.75) is 32.4 Å². The molecule has 0 unspecified atom stereocenters. The number of carbonyl (C=O) groups is 4. The summed E-state index contributed by atoms with van der Waals surface area (Å²) in [4.78, 5) is 60.1. The summed E-state index contributed by atoms with van der Waals surface area (Å²) in [7, 11) is 1.24. The average Bonchev–Trinajstić information content (AvgIpc) is 3.24. The molecule has 6 N–H and O–H groups in total. The van der Waals surface area contributed by atoms with Crippen LogP contribution in [0.4, 0.5) is 17.5 Å². The van der Waals surface area contributed by atoms with Gasteiger partial charge in [-0.25, -0.2) is 9.78 Å². The Labute approximate surface area is 247 Å². The van der Waals surface area contributed by atoms with Crippen LogP contribution < -0.4 is 22.1 Å². The van der Waals surface area contributed by atoms with Gasteiger partial charge in [0.05, 0.1) is 23.8 Å². The molecule has 1 aromatic heterocycles. The van der Waals surface area contributed by atoms with Crippen LogP contribution in [0.3, 0.4) is 0 Å². The van der Waals surface area contributed by atoms with E-state index in [1.165, 1.54) is 7.11 Å². The van der Waals surface area contributed by atoms with Gasteiger partial charge in [-0.15, -0.1) is 0 Å². The van der Waals surface area contributed by atoms with Crippen LogP contribution in [0.2, 0.25) is 0 Å². The van der Waals surface area contributed by atoms with Gasteiger partial charge in [0.2, 0.25) is 5.95 Å². The van der Waals surface area contributed by atoms with E-state index in [1.54, 1.807) is 48.5 Å². The number of anilines is 3. The van der Waals surface area contributed by atoms with Gasteiger partial charge in [-0.05, 0) is 73.4 Å². The number of hydrogen-bond acceptors (Lipinski definition) is 10. The number of rotatable bonds is 10. The van der Waals surface area contributed by atoms with Gasteiger partial charge in [0.25, 0.3) is 17.7 Å². The number of aryl methyl sites for hydroxylation is 1. The molecule has 2 heterocycles. The first-order valence-corrected chi connectivity index (χ1v) is 13.7. The largest absolute Gasteiger partial charge is 0.467 e. The van der Waals surface area contributed by atoms with Crippen LogP contribution in [0.1, 0.15) is 55.0 Å². The Morgan fingerprint density at radius 3 is 2.28 bits per heavy atom. The molecule has 0 aliphatic carbocycles. The summed E-state index contributed by atoms with van der Waals surface area (Å²) in [6, 6.07) is 16.3. The minimum absolute atomic E-state index is 0.112. The molecule has 43 heavy (non-hydrogen) atoms. The number of carbonyl (C=O) groups excluding carboxylic acids is 4. The number of ether oxygens (including phenoxy) is 1. The van der Waals surface area contributed by atoms with E-state index in [4.69, 9.17) is 16.2 Å². The second-order valence-electron chi connectivity index (χ2n) is 10.1. The Bertz CT molecular complexity index is 1700. The van der Waals surface area contributed by atoms with E-state index in [-0.39, 0.29) is 30.7 Å². The molecular formula is C31H31N7O5. The summed E-state index contributed by atoms with van der Waals surface area (Å²) in [6.45, 7) is 2.55. The number of hydrogen-bond donors (Lipinski definition) is 4. The van der Waals surface area contributed by atoms with Crippen molar-refractivity contribution in [1.82, 2.24) is 20.2 Å². The Kier molecular flexibility index (Phi) is 8.19. The van der Waals surface area contributed by atoms with Gasteiger partial charge >= 0.3 is 5.97 Å². The van der Waals surface area contributed by atoms with Gasteiger partial charge in [0.15, 0.2) is 0 Å². The molecule has 0 radical (unpaired) electrons. The first kappa shape index (κ1) is 29.0. The number of nitrogens with two attached hydrogens (primary N) is 2. The number of imide groups is 1. The molecule has 1 atom stereocenters. The molecule has 1 aliphatic rings. The van der Waals surface area contributed by atoms with Gasteiger partial charge in [-0.2, -0.15) is 4.98 Å². The molecule has 3 amide bonds. The predicted octanol–water partition coefficient (Wildman–Crippen LogP) is 3.06. The zero-order valence-corrected chi connectivity index (χ0v) is 23.7. The van der Waals surface area contributed by atoms with Crippen LogP contribution in [-0.2, 0) is 16.1 Å². The van der Waals surface area contributed by atoms with E-state index in [1.807, 2.05) is 19.1 Å². The van der Waals surface area contributed by atoms with Crippen LogP contribution in [0, 0.1) is 6.92 Å². The second kappa shape index (κ2) is 12.1. The molecule has 5 rings (SSSR count). The van der Waals surface area contributed by atoms with E-state index < -0.39 is 17.9 Å². The highest BCUT2D eigenvalue weighted by molar-refractivity contribution is 6.21. The van der Waals surface area contributed by atoms with Crippen molar-refractivity contribution in [3.8, 4) is 0 Å². The monoisotopic (exact) mass is 581 g/mol. The third-order valence-electron chi connectivity index (χ3n) is 7.46. The normalized spacial score (nSPS) is 13.1. The van der Waals surface area contributed by atoms with Crippen LogP contribution in [-0.4, -0.2) is 58.3 Å². The fraction of sp³-hybridized carbons (Fsp3) is 0.226. The van der Waals surface area contributed by atoms with Crippen molar-refractivity contribution in [1.29, 1.82) is 0 Å². The van der Waals surface area contributed by atoms with Crippen molar-refractivity contribution in [3.63, 3.8) is 0 Å². The number of nitrogens with zero attached hydrogens (tertiary/aromatic N) is 3. The summed E-state index contributed by atoms with van der Waals surface area (Å²) in [5, 5.41) is 6.79. The Morgan fingerprint density at radius 2 is 1.63 bits per heavy atom. The smallest absolute Gasteiger partial charge is 0.328 e. The molecule has 0 fully saturated rings. The number of methoxy groups -OCH3 is 1. The third-order valence-corrected chi connectivity index (χ3v) is 7.46.